The van der Waals surface area contributed by atoms with Gasteiger partial charge < -0.3 is 5.32 Å². The summed E-state index contributed by atoms with van der Waals surface area (Å²) < 4.78 is 0. The topological polar surface area (TPSA) is 92.3 Å². The number of anilines is 1. The van der Waals surface area contributed by atoms with E-state index in [2.05, 4.69) is 35.9 Å². The summed E-state index contributed by atoms with van der Waals surface area (Å²) in [6.07, 6.45) is 0.734. The predicted octanol–water partition coefficient (Wildman–Crippen LogP) is 0.818. The van der Waals surface area contributed by atoms with Gasteiger partial charge in [-0.3, -0.25) is 0 Å². The van der Waals surface area contributed by atoms with Gasteiger partial charge in [-0.25, -0.2) is 9.97 Å². The van der Waals surface area contributed by atoms with Crippen LogP contribution in [0.4, 0.5) is 5.82 Å². The Morgan fingerprint density at radius 1 is 1.38 bits per heavy atom. The second-order valence-electron chi connectivity index (χ2n) is 3.03. The van der Waals surface area contributed by atoms with Crippen LogP contribution in [0.2, 0.25) is 5.15 Å². The highest BCUT2D eigenvalue weighted by Gasteiger charge is 2.03. The molecule has 0 unspecified atom stereocenters. The Hall–Kier alpha value is -1.76. The summed E-state index contributed by atoms with van der Waals surface area (Å²) in [6.45, 7) is 2.40. The van der Waals surface area contributed by atoms with Gasteiger partial charge in [0.2, 0.25) is 0 Å². The van der Waals surface area contributed by atoms with Crippen molar-refractivity contribution in [2.75, 3.05) is 5.32 Å². The highest BCUT2D eigenvalue weighted by Crippen LogP contribution is 2.12. The van der Waals surface area contributed by atoms with E-state index in [-0.39, 0.29) is 0 Å². The van der Waals surface area contributed by atoms with Gasteiger partial charge in [-0.2, -0.15) is 5.21 Å². The van der Waals surface area contributed by atoms with Crippen molar-refractivity contribution in [2.45, 2.75) is 19.9 Å². The van der Waals surface area contributed by atoms with Crippen molar-refractivity contribution in [2.24, 2.45) is 0 Å². The summed E-state index contributed by atoms with van der Waals surface area (Å²) in [4.78, 5) is 8.32. The summed E-state index contributed by atoms with van der Waals surface area (Å²) in [6, 6.07) is 1.65. The zero-order valence-corrected chi connectivity index (χ0v) is 9.36. The first-order chi connectivity index (χ1) is 7.78. The molecule has 84 valence electrons. The molecule has 0 atom stereocenters. The fraction of sp³-hybridized carbons (Fsp3) is 0.375. The van der Waals surface area contributed by atoms with Crippen molar-refractivity contribution in [3.63, 3.8) is 0 Å². The number of aryl methyl sites for hydroxylation is 1. The second kappa shape index (κ2) is 4.84. The van der Waals surface area contributed by atoms with E-state index in [9.17, 15) is 0 Å². The average molecular weight is 240 g/mol. The van der Waals surface area contributed by atoms with Crippen LogP contribution in [0.3, 0.4) is 0 Å². The molecule has 0 amide bonds. The zero-order chi connectivity index (χ0) is 11.4. The van der Waals surface area contributed by atoms with Gasteiger partial charge in [0.15, 0.2) is 5.82 Å². The number of aromatic nitrogens is 6. The molecule has 7 nitrogen and oxygen atoms in total. The van der Waals surface area contributed by atoms with Gasteiger partial charge in [0, 0.05) is 12.5 Å². The maximum atomic E-state index is 5.85. The minimum Gasteiger partial charge on any atom is -0.362 e. The van der Waals surface area contributed by atoms with E-state index in [1.807, 2.05) is 6.92 Å². The molecule has 0 aliphatic carbocycles. The first kappa shape index (κ1) is 10.7. The van der Waals surface area contributed by atoms with E-state index in [1.165, 1.54) is 0 Å². The molecule has 0 radical (unpaired) electrons. The maximum Gasteiger partial charge on any atom is 0.193 e. The maximum absolute atomic E-state index is 5.85. The van der Waals surface area contributed by atoms with Crippen LogP contribution >= 0.6 is 11.6 Å². The lowest BCUT2D eigenvalue weighted by molar-refractivity contribution is 0.881. The zero-order valence-electron chi connectivity index (χ0n) is 8.61. The molecule has 0 bridgehead atoms. The fourth-order valence-electron chi connectivity index (χ4n) is 1.14. The van der Waals surface area contributed by atoms with E-state index in [0.29, 0.717) is 29.2 Å². The summed E-state index contributed by atoms with van der Waals surface area (Å²) in [5, 5.41) is 16.9. The number of hydrogen-bond donors (Lipinski definition) is 2. The van der Waals surface area contributed by atoms with Crippen molar-refractivity contribution in [1.29, 1.82) is 0 Å². The van der Waals surface area contributed by atoms with Crippen molar-refractivity contribution < 1.29 is 0 Å². The van der Waals surface area contributed by atoms with Gasteiger partial charge in [0.1, 0.15) is 16.8 Å². The molecule has 0 fully saturated rings. The molecule has 2 N–H and O–H groups in total. The Bertz CT molecular complexity index is 455. The summed E-state index contributed by atoms with van der Waals surface area (Å²) in [5.74, 6) is 1.91. The Morgan fingerprint density at radius 2 is 2.25 bits per heavy atom. The van der Waals surface area contributed by atoms with E-state index < -0.39 is 0 Å². The molecule has 0 saturated carbocycles. The third-order valence-corrected chi connectivity index (χ3v) is 2.07. The SMILES string of the molecule is CCc1nc(Cl)cc(NCc2nn[nH]n2)n1. The van der Waals surface area contributed by atoms with Gasteiger partial charge in [-0.1, -0.05) is 23.7 Å². The lowest BCUT2D eigenvalue weighted by atomic mass is 10.4. The number of aromatic amines is 1. The van der Waals surface area contributed by atoms with Crippen molar-refractivity contribution in [1.82, 2.24) is 30.6 Å². The third-order valence-electron chi connectivity index (χ3n) is 1.87. The summed E-state index contributed by atoms with van der Waals surface area (Å²) in [7, 11) is 0. The molecule has 0 aliphatic heterocycles. The molecule has 2 heterocycles. The molecule has 2 aromatic rings. The van der Waals surface area contributed by atoms with Gasteiger partial charge in [-0.15, -0.1) is 10.2 Å². The molecule has 0 aliphatic rings. The standard InChI is InChI=1S/C8H10ClN7/c1-2-6-11-5(9)3-7(12-6)10-4-8-13-15-16-14-8/h3H,2,4H2,1H3,(H,10,11,12)(H,13,14,15,16). The molecule has 2 rings (SSSR count). The van der Waals surface area contributed by atoms with E-state index in [1.54, 1.807) is 6.07 Å². The van der Waals surface area contributed by atoms with Crippen LogP contribution in [-0.4, -0.2) is 30.6 Å². The summed E-state index contributed by atoms with van der Waals surface area (Å²) >= 11 is 5.85. The normalized spacial score (nSPS) is 10.4. The predicted molar refractivity (Wildman–Crippen MR) is 57.9 cm³/mol. The quantitative estimate of drug-likeness (QED) is 0.768. The highest BCUT2D eigenvalue weighted by atomic mass is 35.5. The van der Waals surface area contributed by atoms with Crippen LogP contribution in [0, 0.1) is 0 Å². The van der Waals surface area contributed by atoms with Crippen LogP contribution in [0.15, 0.2) is 6.07 Å². The van der Waals surface area contributed by atoms with Crippen LogP contribution in [0.25, 0.3) is 0 Å². The Morgan fingerprint density at radius 3 is 2.94 bits per heavy atom. The lowest BCUT2D eigenvalue weighted by Crippen LogP contribution is -2.05. The average Bonchev–Trinajstić information content (AvgIpc) is 2.78. The fourth-order valence-corrected chi connectivity index (χ4v) is 1.34. The monoisotopic (exact) mass is 239 g/mol. The lowest BCUT2D eigenvalue weighted by Gasteiger charge is -2.04. The first-order valence-corrected chi connectivity index (χ1v) is 5.15. The van der Waals surface area contributed by atoms with Gasteiger partial charge >= 0.3 is 0 Å². The van der Waals surface area contributed by atoms with Crippen molar-refractivity contribution in [3.8, 4) is 0 Å². The van der Waals surface area contributed by atoms with Crippen LogP contribution in [0.5, 0.6) is 0 Å². The van der Waals surface area contributed by atoms with E-state index in [0.717, 1.165) is 6.42 Å². The number of rotatable bonds is 4. The number of H-pyrrole nitrogens is 1. The van der Waals surface area contributed by atoms with Gasteiger partial charge in [-0.05, 0) is 0 Å². The number of nitrogens with one attached hydrogen (secondary N) is 2. The Labute approximate surface area is 96.6 Å². The molecule has 8 heteroatoms. The van der Waals surface area contributed by atoms with E-state index in [4.69, 9.17) is 11.6 Å². The smallest absolute Gasteiger partial charge is 0.193 e. The second-order valence-corrected chi connectivity index (χ2v) is 3.41. The van der Waals surface area contributed by atoms with Gasteiger partial charge in [0.05, 0.1) is 6.54 Å². The summed E-state index contributed by atoms with van der Waals surface area (Å²) in [5.41, 5.74) is 0. The molecule has 0 aromatic carbocycles. The van der Waals surface area contributed by atoms with E-state index >= 15 is 0 Å². The number of tetrazole rings is 1. The minimum atomic E-state index is 0.419. The first-order valence-electron chi connectivity index (χ1n) is 4.77. The number of hydrogen-bond acceptors (Lipinski definition) is 6. The third kappa shape index (κ3) is 2.63. The van der Waals surface area contributed by atoms with Crippen molar-refractivity contribution >= 4 is 17.4 Å². The molecule has 0 saturated heterocycles. The van der Waals surface area contributed by atoms with Crippen LogP contribution in [-0.2, 0) is 13.0 Å². The molecular formula is C8H10ClN7. The largest absolute Gasteiger partial charge is 0.362 e. The molecule has 16 heavy (non-hydrogen) atoms. The minimum absolute atomic E-state index is 0.419. The number of nitrogens with zero attached hydrogens (tertiary/aromatic N) is 5. The van der Waals surface area contributed by atoms with Crippen molar-refractivity contribution in [3.05, 3.63) is 22.9 Å². The van der Waals surface area contributed by atoms with Crippen LogP contribution < -0.4 is 5.32 Å². The Kier molecular flexibility index (Phi) is 3.25. The van der Waals surface area contributed by atoms with Gasteiger partial charge in [0.25, 0.3) is 0 Å². The highest BCUT2D eigenvalue weighted by molar-refractivity contribution is 6.29. The Balaban J connectivity index is 2.06. The molecule has 0 spiro atoms. The molecule has 2 aromatic heterocycles. The van der Waals surface area contributed by atoms with Crippen LogP contribution in [0.1, 0.15) is 18.6 Å². The molecular weight excluding hydrogens is 230 g/mol. The number of halogens is 1.